The van der Waals surface area contributed by atoms with Gasteiger partial charge in [0.2, 0.25) is 0 Å². The first kappa shape index (κ1) is 18.5. The van der Waals surface area contributed by atoms with Gasteiger partial charge in [-0.1, -0.05) is 42.0 Å². The SMILES string of the molecule is Cc1ccc(C)c(CN(C[C@@H](O)COc2ccccc2)C(C)C)c1. The molecule has 0 fully saturated rings. The van der Waals surface area contributed by atoms with E-state index in [1.807, 2.05) is 30.3 Å². The van der Waals surface area contributed by atoms with E-state index in [4.69, 9.17) is 4.74 Å². The van der Waals surface area contributed by atoms with Gasteiger partial charge in [-0.3, -0.25) is 4.90 Å². The number of nitrogens with zero attached hydrogens (tertiary/aromatic N) is 1. The molecule has 0 aromatic heterocycles. The lowest BCUT2D eigenvalue weighted by Crippen LogP contribution is -2.39. The first-order chi connectivity index (χ1) is 11.5. The molecule has 2 aromatic carbocycles. The van der Waals surface area contributed by atoms with Gasteiger partial charge in [0.25, 0.3) is 0 Å². The first-order valence-electron chi connectivity index (χ1n) is 8.62. The van der Waals surface area contributed by atoms with Gasteiger partial charge in [-0.15, -0.1) is 0 Å². The Labute approximate surface area is 145 Å². The predicted molar refractivity (Wildman–Crippen MR) is 99.4 cm³/mol. The van der Waals surface area contributed by atoms with Crippen molar-refractivity contribution < 1.29 is 9.84 Å². The van der Waals surface area contributed by atoms with Gasteiger partial charge >= 0.3 is 0 Å². The number of benzene rings is 2. The standard InChI is InChI=1S/C21H29NO2/c1-16(2)22(13-19-12-17(3)10-11-18(19)4)14-20(23)15-24-21-8-6-5-7-9-21/h5-12,16,20,23H,13-15H2,1-4H3/t20-/m1/s1. The summed E-state index contributed by atoms with van der Waals surface area (Å²) in [7, 11) is 0. The van der Waals surface area contributed by atoms with Gasteiger partial charge in [0.05, 0.1) is 0 Å². The molecule has 0 aliphatic rings. The largest absolute Gasteiger partial charge is 0.491 e. The quantitative estimate of drug-likeness (QED) is 0.797. The van der Waals surface area contributed by atoms with E-state index in [1.165, 1.54) is 16.7 Å². The summed E-state index contributed by atoms with van der Waals surface area (Å²) in [5, 5.41) is 10.4. The van der Waals surface area contributed by atoms with Crippen LogP contribution >= 0.6 is 0 Å². The van der Waals surface area contributed by atoms with E-state index in [9.17, 15) is 5.11 Å². The third-order valence-electron chi connectivity index (χ3n) is 4.24. The Hall–Kier alpha value is -1.84. The fraction of sp³-hybridized carbons (Fsp3) is 0.429. The van der Waals surface area contributed by atoms with Crippen LogP contribution in [-0.2, 0) is 6.54 Å². The lowest BCUT2D eigenvalue weighted by atomic mass is 10.0. The average molecular weight is 327 g/mol. The molecule has 2 rings (SSSR count). The Kier molecular flexibility index (Phi) is 6.83. The highest BCUT2D eigenvalue weighted by Gasteiger charge is 2.16. The molecule has 1 N–H and O–H groups in total. The van der Waals surface area contributed by atoms with Gasteiger partial charge < -0.3 is 9.84 Å². The summed E-state index contributed by atoms with van der Waals surface area (Å²) < 4.78 is 5.66. The van der Waals surface area contributed by atoms with Gasteiger partial charge in [-0.2, -0.15) is 0 Å². The number of hydrogen-bond acceptors (Lipinski definition) is 3. The van der Waals surface area contributed by atoms with Crippen LogP contribution in [0.15, 0.2) is 48.5 Å². The summed E-state index contributed by atoms with van der Waals surface area (Å²) in [6.07, 6.45) is -0.516. The third-order valence-corrected chi connectivity index (χ3v) is 4.24. The molecule has 0 saturated heterocycles. The smallest absolute Gasteiger partial charge is 0.119 e. The van der Waals surface area contributed by atoms with Crippen molar-refractivity contribution in [2.75, 3.05) is 13.2 Å². The van der Waals surface area contributed by atoms with Crippen LogP contribution in [0, 0.1) is 13.8 Å². The Balaban J connectivity index is 1.94. The van der Waals surface area contributed by atoms with Crippen LogP contribution in [0.2, 0.25) is 0 Å². The van der Waals surface area contributed by atoms with Crippen LogP contribution in [-0.4, -0.2) is 35.3 Å². The maximum atomic E-state index is 10.4. The molecule has 0 spiro atoms. The number of aliphatic hydroxyl groups is 1. The topological polar surface area (TPSA) is 32.7 Å². The Bertz CT molecular complexity index is 625. The van der Waals surface area contributed by atoms with Crippen molar-refractivity contribution in [3.05, 3.63) is 65.2 Å². The molecule has 0 heterocycles. The lowest BCUT2D eigenvalue weighted by molar-refractivity contribution is 0.0542. The second-order valence-electron chi connectivity index (χ2n) is 6.73. The van der Waals surface area contributed by atoms with Gasteiger partial charge in [-0.05, 0) is 51.0 Å². The summed E-state index contributed by atoms with van der Waals surface area (Å²) >= 11 is 0. The second-order valence-corrected chi connectivity index (χ2v) is 6.73. The lowest BCUT2D eigenvalue weighted by Gasteiger charge is -2.29. The normalized spacial score (nSPS) is 12.6. The number of rotatable bonds is 8. The second kappa shape index (κ2) is 8.86. The summed E-state index contributed by atoms with van der Waals surface area (Å²) in [4.78, 5) is 2.29. The minimum absolute atomic E-state index is 0.306. The molecule has 0 aliphatic heterocycles. The summed E-state index contributed by atoms with van der Waals surface area (Å²) in [6, 6.07) is 16.5. The molecule has 1 atom stereocenters. The molecule has 0 bridgehead atoms. The van der Waals surface area contributed by atoms with E-state index < -0.39 is 6.10 Å². The number of hydrogen-bond donors (Lipinski definition) is 1. The summed E-state index contributed by atoms with van der Waals surface area (Å²) in [5.74, 6) is 0.794. The minimum Gasteiger partial charge on any atom is -0.491 e. The molecule has 2 aromatic rings. The Morgan fingerprint density at radius 3 is 2.42 bits per heavy atom. The molecule has 0 saturated carbocycles. The third kappa shape index (κ3) is 5.66. The molecule has 0 unspecified atom stereocenters. The van der Waals surface area contributed by atoms with Crippen LogP contribution in [0.4, 0.5) is 0 Å². The molecule has 0 radical (unpaired) electrons. The number of aryl methyl sites for hydroxylation is 2. The van der Waals surface area contributed by atoms with Crippen LogP contribution in [0.3, 0.4) is 0 Å². The average Bonchev–Trinajstić information content (AvgIpc) is 2.56. The number of aliphatic hydroxyl groups excluding tert-OH is 1. The van der Waals surface area contributed by atoms with Gasteiger partial charge in [0, 0.05) is 19.1 Å². The van der Waals surface area contributed by atoms with E-state index in [-0.39, 0.29) is 0 Å². The van der Waals surface area contributed by atoms with Crippen molar-refractivity contribution in [3.63, 3.8) is 0 Å². The highest BCUT2D eigenvalue weighted by molar-refractivity contribution is 5.30. The number of ether oxygens (including phenoxy) is 1. The minimum atomic E-state index is -0.516. The van der Waals surface area contributed by atoms with Gasteiger partial charge in [0.1, 0.15) is 18.5 Å². The first-order valence-corrected chi connectivity index (χ1v) is 8.62. The Morgan fingerprint density at radius 2 is 1.75 bits per heavy atom. The molecule has 130 valence electrons. The highest BCUT2D eigenvalue weighted by atomic mass is 16.5. The maximum absolute atomic E-state index is 10.4. The Morgan fingerprint density at radius 1 is 1.04 bits per heavy atom. The van der Waals surface area contributed by atoms with Crippen molar-refractivity contribution in [2.45, 2.75) is 46.4 Å². The van der Waals surface area contributed by atoms with E-state index in [1.54, 1.807) is 0 Å². The number of para-hydroxylation sites is 1. The van der Waals surface area contributed by atoms with Crippen molar-refractivity contribution >= 4 is 0 Å². The van der Waals surface area contributed by atoms with E-state index in [2.05, 4.69) is 50.8 Å². The zero-order chi connectivity index (χ0) is 17.5. The molecular formula is C21H29NO2. The van der Waals surface area contributed by atoms with Crippen molar-refractivity contribution in [1.29, 1.82) is 0 Å². The van der Waals surface area contributed by atoms with Gasteiger partial charge in [0.15, 0.2) is 0 Å². The molecule has 24 heavy (non-hydrogen) atoms. The van der Waals surface area contributed by atoms with Crippen molar-refractivity contribution in [3.8, 4) is 5.75 Å². The van der Waals surface area contributed by atoms with Crippen LogP contribution in [0.5, 0.6) is 5.75 Å². The molecule has 0 amide bonds. The van der Waals surface area contributed by atoms with E-state index in [0.717, 1.165) is 12.3 Å². The summed E-state index contributed by atoms with van der Waals surface area (Å²) in [6.45, 7) is 10.3. The fourth-order valence-electron chi connectivity index (χ4n) is 2.68. The summed E-state index contributed by atoms with van der Waals surface area (Å²) in [5.41, 5.74) is 3.88. The van der Waals surface area contributed by atoms with Crippen molar-refractivity contribution in [2.24, 2.45) is 0 Å². The zero-order valence-corrected chi connectivity index (χ0v) is 15.2. The predicted octanol–water partition coefficient (Wildman–Crippen LogP) is 3.95. The highest BCUT2D eigenvalue weighted by Crippen LogP contribution is 2.16. The van der Waals surface area contributed by atoms with E-state index >= 15 is 0 Å². The zero-order valence-electron chi connectivity index (χ0n) is 15.2. The maximum Gasteiger partial charge on any atom is 0.119 e. The molecule has 0 aliphatic carbocycles. The van der Waals surface area contributed by atoms with Gasteiger partial charge in [-0.25, -0.2) is 0 Å². The molecule has 3 nitrogen and oxygen atoms in total. The van der Waals surface area contributed by atoms with Crippen molar-refractivity contribution in [1.82, 2.24) is 4.90 Å². The van der Waals surface area contributed by atoms with E-state index in [0.29, 0.717) is 19.2 Å². The van der Waals surface area contributed by atoms with Crippen LogP contribution in [0.25, 0.3) is 0 Å². The van der Waals surface area contributed by atoms with Crippen LogP contribution in [0.1, 0.15) is 30.5 Å². The fourth-order valence-corrected chi connectivity index (χ4v) is 2.68. The van der Waals surface area contributed by atoms with Crippen LogP contribution < -0.4 is 4.74 Å². The monoisotopic (exact) mass is 327 g/mol. The molecule has 3 heteroatoms. The molecular weight excluding hydrogens is 298 g/mol.